The summed E-state index contributed by atoms with van der Waals surface area (Å²) in [6.45, 7) is 12.6. The number of hydrogen-bond donors (Lipinski definition) is 0. The lowest BCUT2D eigenvalue weighted by Gasteiger charge is -2.23. The van der Waals surface area contributed by atoms with Crippen molar-refractivity contribution in [3.05, 3.63) is 163 Å². The number of rotatable bonds is 6. The second-order valence-electron chi connectivity index (χ2n) is 14.2. The maximum Gasteiger partial charge on any atom is 0.0260 e. The van der Waals surface area contributed by atoms with Crippen LogP contribution in [0.15, 0.2) is 157 Å². The predicted molar refractivity (Wildman–Crippen MR) is 215 cm³/mol. The Hall–Kier alpha value is -5.79. The van der Waals surface area contributed by atoms with Gasteiger partial charge in [-0.3, -0.25) is 4.99 Å². The molecule has 0 atom stereocenters. The molecule has 0 amide bonds. The summed E-state index contributed by atoms with van der Waals surface area (Å²) in [6, 6.07) is 49.9. The van der Waals surface area contributed by atoms with Gasteiger partial charge in [0.2, 0.25) is 0 Å². The molecule has 0 aliphatic heterocycles. The highest BCUT2D eigenvalue weighted by atomic mass is 14.6. The second-order valence-corrected chi connectivity index (χ2v) is 14.2. The highest BCUT2D eigenvalue weighted by Crippen LogP contribution is 2.45. The van der Waals surface area contributed by atoms with E-state index in [0.717, 1.165) is 0 Å². The number of hydrogen-bond acceptors (Lipinski definition) is 1. The van der Waals surface area contributed by atoms with E-state index in [0.29, 0.717) is 0 Å². The van der Waals surface area contributed by atoms with Crippen LogP contribution in [-0.4, -0.2) is 6.72 Å². The predicted octanol–water partition coefficient (Wildman–Crippen LogP) is 13.7. The fraction of sp³-hybridized carbons (Fsp3) is 0.104. The number of allylic oxidation sites excluding steroid dienone is 3. The minimum atomic E-state index is 0.0684. The van der Waals surface area contributed by atoms with Gasteiger partial charge < -0.3 is 0 Å². The van der Waals surface area contributed by atoms with Crippen LogP contribution in [0.3, 0.4) is 0 Å². The van der Waals surface area contributed by atoms with E-state index in [2.05, 4.69) is 179 Å². The quantitative estimate of drug-likeness (QED) is 0.0986. The Morgan fingerprint density at radius 2 is 1.12 bits per heavy atom. The Bertz CT molecular complexity index is 2550. The van der Waals surface area contributed by atoms with Crippen LogP contribution in [0.2, 0.25) is 0 Å². The molecule has 0 spiro atoms. The molecular weight excluding hydrogens is 591 g/mol. The van der Waals surface area contributed by atoms with E-state index in [-0.39, 0.29) is 5.41 Å². The van der Waals surface area contributed by atoms with Crippen molar-refractivity contribution in [1.82, 2.24) is 0 Å². The molecule has 1 nitrogen and oxygen atoms in total. The molecule has 8 aromatic carbocycles. The van der Waals surface area contributed by atoms with Crippen LogP contribution in [0.25, 0.3) is 82.0 Å². The molecule has 0 aliphatic carbocycles. The summed E-state index contributed by atoms with van der Waals surface area (Å²) in [5, 5.41) is 10.4. The first-order valence-electron chi connectivity index (χ1n) is 17.0. The molecule has 0 saturated carbocycles. The van der Waals surface area contributed by atoms with Crippen molar-refractivity contribution in [2.75, 3.05) is 0 Å². The van der Waals surface area contributed by atoms with E-state index in [1.807, 2.05) is 6.08 Å². The number of nitrogens with zero attached hydrogens (tertiary/aromatic N) is 1. The zero-order valence-electron chi connectivity index (χ0n) is 28.6. The third-order valence-electron chi connectivity index (χ3n) is 10.1. The van der Waals surface area contributed by atoms with E-state index in [1.165, 1.54) is 93.2 Å². The van der Waals surface area contributed by atoms with Gasteiger partial charge in [-0.25, -0.2) is 0 Å². The Morgan fingerprint density at radius 1 is 0.551 bits per heavy atom. The van der Waals surface area contributed by atoms with Crippen molar-refractivity contribution in [2.24, 2.45) is 4.99 Å². The molecule has 0 saturated heterocycles. The summed E-state index contributed by atoms with van der Waals surface area (Å²) >= 11 is 0. The third kappa shape index (κ3) is 5.42. The Labute approximate surface area is 288 Å². The first kappa shape index (κ1) is 30.5. The van der Waals surface area contributed by atoms with Gasteiger partial charge in [-0.15, -0.1) is 0 Å². The average molecular weight is 630 g/mol. The Morgan fingerprint density at radius 3 is 1.73 bits per heavy atom. The fourth-order valence-electron chi connectivity index (χ4n) is 7.39. The molecule has 236 valence electrons. The lowest BCUT2D eigenvalue weighted by atomic mass is 9.81. The van der Waals surface area contributed by atoms with Gasteiger partial charge in [0.1, 0.15) is 0 Å². The van der Waals surface area contributed by atoms with Gasteiger partial charge in [-0.2, -0.15) is 0 Å². The van der Waals surface area contributed by atoms with Gasteiger partial charge in [0, 0.05) is 6.20 Å². The highest BCUT2D eigenvalue weighted by molar-refractivity contribution is 6.28. The van der Waals surface area contributed by atoms with Crippen LogP contribution in [0.5, 0.6) is 0 Å². The minimum absolute atomic E-state index is 0.0684. The molecule has 1 heteroatoms. The summed E-state index contributed by atoms with van der Waals surface area (Å²) in [7, 11) is 0. The first-order valence-corrected chi connectivity index (χ1v) is 17.0. The normalized spacial score (nSPS) is 12.6. The molecular formula is C48H39N. The molecule has 0 fully saturated rings. The number of aliphatic imine (C=N–C) groups is 1. The van der Waals surface area contributed by atoms with Crippen molar-refractivity contribution < 1.29 is 0 Å². The van der Waals surface area contributed by atoms with Gasteiger partial charge in [-0.1, -0.05) is 154 Å². The molecule has 0 radical (unpaired) electrons. The topological polar surface area (TPSA) is 12.4 Å². The van der Waals surface area contributed by atoms with E-state index in [9.17, 15) is 0 Å². The first-order chi connectivity index (χ1) is 23.8. The number of fused-ring (bicyclic) bond motifs is 1. The molecule has 0 heterocycles. The Balaban J connectivity index is 1.34. The van der Waals surface area contributed by atoms with Crippen molar-refractivity contribution >= 4 is 55.4 Å². The summed E-state index contributed by atoms with van der Waals surface area (Å²) in [6.07, 6.45) is 5.72. The monoisotopic (exact) mass is 629 g/mol. The van der Waals surface area contributed by atoms with E-state index >= 15 is 0 Å². The summed E-state index contributed by atoms with van der Waals surface area (Å²) < 4.78 is 0. The zero-order valence-corrected chi connectivity index (χ0v) is 28.6. The largest absolute Gasteiger partial charge is 0.273 e. The fourth-order valence-corrected chi connectivity index (χ4v) is 7.39. The maximum absolute atomic E-state index is 3.83. The molecule has 0 bridgehead atoms. The van der Waals surface area contributed by atoms with Crippen LogP contribution >= 0.6 is 0 Å². The van der Waals surface area contributed by atoms with Gasteiger partial charge in [0.25, 0.3) is 0 Å². The summed E-state index contributed by atoms with van der Waals surface area (Å²) in [5.41, 5.74) is 11.2. The molecule has 0 unspecified atom stereocenters. The second kappa shape index (κ2) is 12.0. The van der Waals surface area contributed by atoms with Crippen molar-refractivity contribution in [3.63, 3.8) is 0 Å². The molecule has 0 N–H and O–H groups in total. The highest BCUT2D eigenvalue weighted by Gasteiger charge is 2.20. The standard InChI is InChI=1S/C48H39N/c1-31(10-9-27-49-5)32-15-17-35(18-16-32)44-30-45(36-21-19-34(20-22-36)41-14-8-12-33-11-6-7-13-40(33)41)43-26-24-38-29-39(48(2,3)4)28-37-23-25-42(44)47(43)46(37)38/h6-30H,5H2,1-4H3/b27-9-,31-10+. The van der Waals surface area contributed by atoms with E-state index in [4.69, 9.17) is 0 Å². The van der Waals surface area contributed by atoms with Crippen LogP contribution < -0.4 is 0 Å². The van der Waals surface area contributed by atoms with Gasteiger partial charge >= 0.3 is 0 Å². The smallest absolute Gasteiger partial charge is 0.0260 e. The van der Waals surface area contributed by atoms with E-state index < -0.39 is 0 Å². The molecule has 8 aromatic rings. The molecule has 49 heavy (non-hydrogen) atoms. The van der Waals surface area contributed by atoms with Gasteiger partial charge in [0.05, 0.1) is 0 Å². The van der Waals surface area contributed by atoms with Gasteiger partial charge in [-0.05, 0) is 124 Å². The molecule has 0 aliphatic rings. The average Bonchev–Trinajstić information content (AvgIpc) is 3.13. The minimum Gasteiger partial charge on any atom is -0.273 e. The number of benzene rings is 8. The van der Waals surface area contributed by atoms with Gasteiger partial charge in [0.15, 0.2) is 0 Å². The summed E-state index contributed by atoms with van der Waals surface area (Å²) in [5.74, 6) is 0. The van der Waals surface area contributed by atoms with Crippen LogP contribution in [0, 0.1) is 0 Å². The molecule has 0 aromatic heterocycles. The van der Waals surface area contributed by atoms with Crippen molar-refractivity contribution in [3.8, 4) is 33.4 Å². The third-order valence-corrected chi connectivity index (χ3v) is 10.1. The van der Waals surface area contributed by atoms with Crippen LogP contribution in [0.1, 0.15) is 38.8 Å². The maximum atomic E-state index is 3.83. The lowest BCUT2D eigenvalue weighted by Crippen LogP contribution is -2.10. The Kier molecular flexibility index (Phi) is 7.49. The molecule has 8 rings (SSSR count). The van der Waals surface area contributed by atoms with Crippen molar-refractivity contribution in [1.29, 1.82) is 0 Å². The summed E-state index contributed by atoms with van der Waals surface area (Å²) in [4.78, 5) is 3.83. The zero-order chi connectivity index (χ0) is 33.7. The van der Waals surface area contributed by atoms with E-state index in [1.54, 1.807) is 6.20 Å². The van der Waals surface area contributed by atoms with Crippen LogP contribution in [-0.2, 0) is 5.41 Å². The van der Waals surface area contributed by atoms with Crippen molar-refractivity contribution in [2.45, 2.75) is 33.1 Å². The lowest BCUT2D eigenvalue weighted by molar-refractivity contribution is 0.591. The SMILES string of the molecule is C=N/C=C\C=C(/C)c1ccc(-c2cc(-c3ccc(-c4cccc5ccccc45)cc3)c3ccc4cc(C(C)(C)C)cc5ccc2c3c54)cc1. The van der Waals surface area contributed by atoms with Crippen LogP contribution in [0.4, 0.5) is 0 Å².